The lowest BCUT2D eigenvalue weighted by Gasteiger charge is -2.40. The molecule has 0 unspecified atom stereocenters. The van der Waals surface area contributed by atoms with Crippen LogP contribution in [0.15, 0.2) is 12.2 Å². The molecule has 0 aromatic rings. The van der Waals surface area contributed by atoms with Crippen LogP contribution in [0.4, 0.5) is 0 Å². The summed E-state index contributed by atoms with van der Waals surface area (Å²) < 4.78 is 21.3. The molecule has 0 aromatic carbocycles. The fraction of sp³-hybridized carbons (Fsp3) is 0.714. The Kier molecular flexibility index (Phi) is 10.5. The van der Waals surface area contributed by atoms with E-state index in [-0.39, 0.29) is 26.2 Å². The molecule has 2 aliphatic rings. The summed E-state index contributed by atoms with van der Waals surface area (Å²) >= 11 is 0. The van der Waals surface area contributed by atoms with Gasteiger partial charge in [-0.3, -0.25) is 0 Å². The molecule has 0 radical (unpaired) electrons. The van der Waals surface area contributed by atoms with E-state index in [1.165, 1.54) is 0 Å². The molecule has 9 atom stereocenters. The van der Waals surface area contributed by atoms with E-state index in [1.54, 1.807) is 12.2 Å². The number of aliphatic hydroxyl groups is 7. The summed E-state index contributed by atoms with van der Waals surface area (Å²) in [6, 6.07) is 0. The highest BCUT2D eigenvalue weighted by atomic mass is 16.7. The second-order valence-electron chi connectivity index (χ2n) is 7.45. The van der Waals surface area contributed by atoms with E-state index in [0.29, 0.717) is 0 Å². The fourth-order valence-corrected chi connectivity index (χ4v) is 2.96. The van der Waals surface area contributed by atoms with E-state index in [4.69, 9.17) is 24.1 Å². The Hall–Kier alpha value is -1.58. The third-order valence-corrected chi connectivity index (χ3v) is 4.97. The molecule has 32 heavy (non-hydrogen) atoms. The van der Waals surface area contributed by atoms with Crippen LogP contribution in [0.5, 0.6) is 0 Å². The first-order valence-corrected chi connectivity index (χ1v) is 10.1. The summed E-state index contributed by atoms with van der Waals surface area (Å²) in [5.41, 5.74) is -1.87. The van der Waals surface area contributed by atoms with Gasteiger partial charge in [0.05, 0.1) is 26.4 Å². The van der Waals surface area contributed by atoms with E-state index < -0.39 is 61.4 Å². The lowest BCUT2D eigenvalue weighted by Crippen LogP contribution is -2.59. The highest BCUT2D eigenvalue weighted by molar-refractivity contribution is 5.31. The first kappa shape index (κ1) is 26.7. The normalized spacial score (nSPS) is 38.1. The van der Waals surface area contributed by atoms with Gasteiger partial charge >= 0.3 is 0 Å². The summed E-state index contributed by atoms with van der Waals surface area (Å²) in [5.74, 6) is 10.2. The Morgan fingerprint density at radius 3 is 2.50 bits per heavy atom. The molecule has 11 heteroatoms. The smallest absolute Gasteiger partial charge is 0.186 e. The Morgan fingerprint density at radius 2 is 1.84 bits per heavy atom. The second-order valence-corrected chi connectivity index (χ2v) is 7.45. The van der Waals surface area contributed by atoms with E-state index >= 15 is 0 Å². The van der Waals surface area contributed by atoms with Crippen molar-refractivity contribution in [3.05, 3.63) is 12.2 Å². The Morgan fingerprint density at radius 1 is 1.09 bits per heavy atom. The molecule has 0 aliphatic carbocycles. The van der Waals surface area contributed by atoms with Crippen LogP contribution in [0.2, 0.25) is 0 Å². The zero-order valence-corrected chi connectivity index (χ0v) is 17.6. The molecule has 0 amide bonds. The predicted molar refractivity (Wildman–Crippen MR) is 107 cm³/mol. The quantitative estimate of drug-likeness (QED) is 0.180. The number of allylic oxidation sites excluding steroid dienone is 2. The maximum atomic E-state index is 10.1. The van der Waals surface area contributed by atoms with Crippen molar-refractivity contribution in [2.24, 2.45) is 0 Å². The zero-order valence-electron chi connectivity index (χ0n) is 17.6. The molecule has 0 saturated carbocycles. The van der Waals surface area contributed by atoms with Crippen LogP contribution >= 0.6 is 0 Å². The minimum absolute atomic E-state index is 0.0759. The molecular weight excluding hydrogens is 428 g/mol. The molecular formula is C21H30O11. The lowest BCUT2D eigenvalue weighted by atomic mass is 9.99. The lowest BCUT2D eigenvalue weighted by molar-refractivity contribution is -0.310. The van der Waals surface area contributed by atoms with Crippen molar-refractivity contribution in [1.82, 2.24) is 0 Å². The molecule has 7 N–H and O–H groups in total. The summed E-state index contributed by atoms with van der Waals surface area (Å²) in [4.78, 5) is 0. The molecule has 0 spiro atoms. The van der Waals surface area contributed by atoms with Crippen molar-refractivity contribution in [3.63, 3.8) is 0 Å². The van der Waals surface area contributed by atoms with Crippen LogP contribution in [-0.2, 0) is 18.9 Å². The molecule has 2 heterocycles. The van der Waals surface area contributed by atoms with Gasteiger partial charge in [-0.05, 0) is 24.8 Å². The molecule has 2 saturated heterocycles. The maximum Gasteiger partial charge on any atom is 0.186 e. The van der Waals surface area contributed by atoms with Crippen LogP contribution < -0.4 is 0 Å². The first-order valence-electron chi connectivity index (χ1n) is 10.1. The second kappa shape index (κ2) is 12.6. The SMILES string of the molecule is C/C=C/C#CC#C[C@@H](O)CCO[C@@H]1O[C@H](CO[C@@H]2OC[C@](O)(CO)[C@H]2O)[C@@H](O)[C@H](O)[C@H]1O. The van der Waals surface area contributed by atoms with Gasteiger partial charge in [0, 0.05) is 6.42 Å². The van der Waals surface area contributed by atoms with Crippen molar-refractivity contribution in [2.45, 2.75) is 68.1 Å². The van der Waals surface area contributed by atoms with Gasteiger partial charge < -0.3 is 54.7 Å². The van der Waals surface area contributed by atoms with Crippen molar-refractivity contribution in [1.29, 1.82) is 0 Å². The number of ether oxygens (including phenoxy) is 4. The fourth-order valence-electron chi connectivity index (χ4n) is 2.96. The van der Waals surface area contributed by atoms with Gasteiger partial charge in [-0.2, -0.15) is 0 Å². The van der Waals surface area contributed by atoms with Crippen molar-refractivity contribution >= 4 is 0 Å². The summed E-state index contributed by atoms with van der Waals surface area (Å²) in [7, 11) is 0. The molecule has 2 rings (SSSR count). The third kappa shape index (κ3) is 6.96. The number of hydrogen-bond acceptors (Lipinski definition) is 11. The van der Waals surface area contributed by atoms with E-state index in [1.807, 2.05) is 6.92 Å². The van der Waals surface area contributed by atoms with Gasteiger partial charge in [0.1, 0.15) is 42.2 Å². The van der Waals surface area contributed by atoms with Crippen LogP contribution in [0.25, 0.3) is 0 Å². The van der Waals surface area contributed by atoms with Gasteiger partial charge in [0.15, 0.2) is 12.6 Å². The predicted octanol–water partition coefficient (Wildman–Crippen LogP) is -3.40. The van der Waals surface area contributed by atoms with Gasteiger partial charge in [-0.25, -0.2) is 0 Å². The van der Waals surface area contributed by atoms with Gasteiger partial charge in [-0.15, -0.1) is 0 Å². The van der Waals surface area contributed by atoms with E-state index in [2.05, 4.69) is 23.7 Å². The largest absolute Gasteiger partial charge is 0.393 e. The van der Waals surface area contributed by atoms with Crippen molar-refractivity contribution in [2.75, 3.05) is 26.4 Å². The monoisotopic (exact) mass is 458 g/mol. The van der Waals surface area contributed by atoms with Crippen LogP contribution in [0.1, 0.15) is 13.3 Å². The standard InChI is InChI=1S/C21H30O11/c1-2-3-4-5-6-7-13(23)8-9-29-19-17(26)16(25)15(24)14(32-19)10-30-20-18(27)21(28,11-22)12-31-20/h2-3,13-20,22-28H,8-12H2,1H3/b3-2+/t13-,14-,15-,16+,17-,18+,19-,20-,21-/m1/s1. The third-order valence-electron chi connectivity index (χ3n) is 4.97. The molecule has 11 nitrogen and oxygen atoms in total. The first-order chi connectivity index (χ1) is 15.2. The molecule has 2 fully saturated rings. The summed E-state index contributed by atoms with van der Waals surface area (Å²) in [6.45, 7) is 0.251. The highest BCUT2D eigenvalue weighted by Gasteiger charge is 2.50. The van der Waals surface area contributed by atoms with Gasteiger partial charge in [-0.1, -0.05) is 17.9 Å². The average Bonchev–Trinajstić information content (AvgIpc) is 3.07. The van der Waals surface area contributed by atoms with E-state index in [9.17, 15) is 30.6 Å². The Bertz CT molecular complexity index is 735. The Balaban J connectivity index is 1.84. The minimum Gasteiger partial charge on any atom is -0.393 e. The minimum atomic E-state index is -1.87. The van der Waals surface area contributed by atoms with Crippen LogP contribution in [0.3, 0.4) is 0 Å². The van der Waals surface area contributed by atoms with Crippen LogP contribution in [-0.4, -0.2) is 117 Å². The number of aliphatic hydroxyl groups excluding tert-OH is 6. The molecule has 0 aromatic heterocycles. The van der Waals surface area contributed by atoms with Crippen LogP contribution in [0, 0.1) is 23.7 Å². The zero-order chi connectivity index (χ0) is 23.7. The summed E-state index contributed by atoms with van der Waals surface area (Å²) in [5, 5.41) is 69.3. The van der Waals surface area contributed by atoms with Crippen molar-refractivity contribution < 1.29 is 54.7 Å². The van der Waals surface area contributed by atoms with Gasteiger partial charge in [0.25, 0.3) is 0 Å². The average molecular weight is 458 g/mol. The molecule has 0 bridgehead atoms. The molecule has 2 aliphatic heterocycles. The number of rotatable bonds is 8. The van der Waals surface area contributed by atoms with E-state index in [0.717, 1.165) is 0 Å². The van der Waals surface area contributed by atoms with Gasteiger partial charge in [0.2, 0.25) is 0 Å². The highest BCUT2D eigenvalue weighted by Crippen LogP contribution is 2.27. The van der Waals surface area contributed by atoms with Crippen molar-refractivity contribution in [3.8, 4) is 23.7 Å². The summed E-state index contributed by atoms with van der Waals surface area (Å²) in [6.07, 6.45) is -7.65. The maximum absolute atomic E-state index is 10.1. The molecule has 180 valence electrons. The number of hydrogen-bond donors (Lipinski definition) is 7. The topological polar surface area (TPSA) is 179 Å². The Labute approximate surface area is 185 Å².